The second-order valence-corrected chi connectivity index (χ2v) is 8.47. The Hall–Kier alpha value is -2.35. The van der Waals surface area contributed by atoms with Crippen molar-refractivity contribution in [2.45, 2.75) is 23.5 Å². The minimum absolute atomic E-state index is 0.176. The minimum atomic E-state index is -3.63. The average molecular weight is 372 g/mol. The number of aliphatic hydroxyl groups is 1. The summed E-state index contributed by atoms with van der Waals surface area (Å²) in [4.78, 5) is 3.37. The third-order valence-electron chi connectivity index (χ3n) is 5.13. The number of ether oxygens (including phenoxy) is 1. The number of sulfonamides is 1. The monoisotopic (exact) mass is 372 g/mol. The molecule has 2 atom stereocenters. The highest BCUT2D eigenvalue weighted by molar-refractivity contribution is 7.89. The van der Waals surface area contributed by atoms with Crippen molar-refractivity contribution in [1.82, 2.24) is 9.29 Å². The number of nitrogens with zero attached hydrogens (tertiary/aromatic N) is 1. The van der Waals surface area contributed by atoms with E-state index in [4.69, 9.17) is 4.74 Å². The molecule has 3 aromatic rings. The molecule has 0 radical (unpaired) electrons. The number of aromatic amines is 1. The molecule has 0 amide bonds. The molecule has 0 fully saturated rings. The van der Waals surface area contributed by atoms with Crippen LogP contribution >= 0.6 is 0 Å². The molecule has 136 valence electrons. The highest BCUT2D eigenvalue weighted by atomic mass is 32.2. The molecule has 6 nitrogen and oxygen atoms in total. The van der Waals surface area contributed by atoms with Gasteiger partial charge in [-0.25, -0.2) is 8.42 Å². The standard InChI is InChI=1S/C19H20N2O4S/c1-21-17(19(22)15-5-3-4-6-18(15)26(21,23)24)9-12-11-20-16-10-13(25-2)7-8-14(12)16/h3-8,10-11,17,19-20,22H,9H2,1-2H3/t17-,19+/m0/s1. The number of aromatic nitrogens is 1. The highest BCUT2D eigenvalue weighted by Crippen LogP contribution is 2.37. The molecule has 1 aliphatic heterocycles. The molecule has 1 aliphatic rings. The smallest absolute Gasteiger partial charge is 0.243 e. The van der Waals surface area contributed by atoms with E-state index in [1.807, 2.05) is 24.4 Å². The zero-order chi connectivity index (χ0) is 18.5. The van der Waals surface area contributed by atoms with Crippen LogP contribution in [-0.4, -0.2) is 43.0 Å². The predicted octanol–water partition coefficient (Wildman–Crippen LogP) is 2.46. The third-order valence-corrected chi connectivity index (χ3v) is 7.09. The van der Waals surface area contributed by atoms with Gasteiger partial charge in [-0.3, -0.25) is 0 Å². The second kappa shape index (κ2) is 6.12. The van der Waals surface area contributed by atoms with Crippen molar-refractivity contribution in [2.24, 2.45) is 0 Å². The van der Waals surface area contributed by atoms with Crippen molar-refractivity contribution in [2.75, 3.05) is 14.2 Å². The van der Waals surface area contributed by atoms with Crippen molar-refractivity contribution < 1.29 is 18.3 Å². The van der Waals surface area contributed by atoms with Crippen LogP contribution < -0.4 is 4.74 Å². The Morgan fingerprint density at radius 3 is 2.77 bits per heavy atom. The molecule has 1 aromatic heterocycles. The number of methoxy groups -OCH3 is 1. The summed E-state index contributed by atoms with van der Waals surface area (Å²) in [5.41, 5.74) is 2.32. The van der Waals surface area contributed by atoms with E-state index in [-0.39, 0.29) is 4.90 Å². The number of nitrogens with one attached hydrogen (secondary N) is 1. The van der Waals surface area contributed by atoms with Crippen LogP contribution in [0.3, 0.4) is 0 Å². The fourth-order valence-electron chi connectivity index (χ4n) is 3.63. The lowest BCUT2D eigenvalue weighted by Crippen LogP contribution is -2.46. The highest BCUT2D eigenvalue weighted by Gasteiger charge is 2.41. The lowest BCUT2D eigenvalue weighted by atomic mass is 9.95. The number of aliphatic hydroxyl groups excluding tert-OH is 1. The lowest BCUT2D eigenvalue weighted by Gasteiger charge is -2.37. The number of hydrogen-bond acceptors (Lipinski definition) is 4. The maximum Gasteiger partial charge on any atom is 0.243 e. The van der Waals surface area contributed by atoms with E-state index in [1.54, 1.807) is 31.4 Å². The number of likely N-dealkylation sites (N-methyl/N-ethyl adjacent to an activating group) is 1. The predicted molar refractivity (Wildman–Crippen MR) is 98.7 cm³/mol. The molecule has 0 saturated carbocycles. The molecule has 0 unspecified atom stereocenters. The van der Waals surface area contributed by atoms with E-state index in [0.717, 1.165) is 22.2 Å². The largest absolute Gasteiger partial charge is 0.497 e. The Bertz CT molecular complexity index is 1070. The van der Waals surface area contributed by atoms with Crippen LogP contribution in [0.1, 0.15) is 17.2 Å². The number of rotatable bonds is 3. The molecule has 0 bridgehead atoms. The molecule has 0 spiro atoms. The van der Waals surface area contributed by atoms with E-state index >= 15 is 0 Å². The third kappa shape index (κ3) is 2.51. The maximum atomic E-state index is 12.8. The van der Waals surface area contributed by atoms with Gasteiger partial charge in [0.1, 0.15) is 5.75 Å². The number of H-pyrrole nitrogens is 1. The molecule has 4 rings (SSSR count). The van der Waals surface area contributed by atoms with Gasteiger partial charge in [0, 0.05) is 35.8 Å². The van der Waals surface area contributed by atoms with Crippen molar-refractivity contribution >= 4 is 20.9 Å². The summed E-state index contributed by atoms with van der Waals surface area (Å²) < 4.78 is 32.2. The first-order chi connectivity index (χ1) is 12.4. The fourth-order valence-corrected chi connectivity index (χ4v) is 5.22. The Kier molecular flexibility index (Phi) is 4.02. The Morgan fingerprint density at radius 2 is 2.00 bits per heavy atom. The summed E-state index contributed by atoms with van der Waals surface area (Å²) in [5.74, 6) is 0.747. The zero-order valence-corrected chi connectivity index (χ0v) is 15.3. The van der Waals surface area contributed by atoms with Gasteiger partial charge in [-0.1, -0.05) is 18.2 Å². The van der Waals surface area contributed by atoms with Crippen molar-refractivity contribution in [3.05, 3.63) is 59.8 Å². The molecule has 0 saturated heterocycles. The van der Waals surface area contributed by atoms with Crippen LogP contribution in [0, 0.1) is 0 Å². The van der Waals surface area contributed by atoms with Gasteiger partial charge in [0.05, 0.1) is 24.2 Å². The number of hydrogen-bond donors (Lipinski definition) is 2. The summed E-state index contributed by atoms with van der Waals surface area (Å²) >= 11 is 0. The molecular weight excluding hydrogens is 352 g/mol. The molecule has 26 heavy (non-hydrogen) atoms. The van der Waals surface area contributed by atoms with Crippen LogP contribution in [0.4, 0.5) is 0 Å². The van der Waals surface area contributed by atoms with Crippen LogP contribution in [0.15, 0.2) is 53.6 Å². The Balaban J connectivity index is 1.75. The van der Waals surface area contributed by atoms with Crippen LogP contribution in [0.2, 0.25) is 0 Å². The number of benzene rings is 2. The Labute approximate surface area is 152 Å². The van der Waals surface area contributed by atoms with E-state index in [2.05, 4.69) is 4.98 Å². The summed E-state index contributed by atoms with van der Waals surface area (Å²) in [6.07, 6.45) is 1.37. The van der Waals surface area contributed by atoms with E-state index in [0.29, 0.717) is 12.0 Å². The van der Waals surface area contributed by atoms with Crippen LogP contribution in [-0.2, 0) is 16.4 Å². The van der Waals surface area contributed by atoms with Gasteiger partial charge in [-0.05, 0) is 30.2 Å². The van der Waals surface area contributed by atoms with Gasteiger partial charge in [0.2, 0.25) is 10.0 Å². The first-order valence-corrected chi connectivity index (χ1v) is 9.76. The topological polar surface area (TPSA) is 82.6 Å². The van der Waals surface area contributed by atoms with E-state index < -0.39 is 22.2 Å². The summed E-state index contributed by atoms with van der Waals surface area (Å²) in [5, 5.41) is 11.8. The van der Waals surface area contributed by atoms with Crippen LogP contribution in [0.25, 0.3) is 10.9 Å². The van der Waals surface area contributed by atoms with Gasteiger partial charge in [0.25, 0.3) is 0 Å². The van der Waals surface area contributed by atoms with Gasteiger partial charge in [0.15, 0.2) is 0 Å². The minimum Gasteiger partial charge on any atom is -0.497 e. The molecule has 7 heteroatoms. The van der Waals surface area contributed by atoms with Gasteiger partial charge in [-0.15, -0.1) is 0 Å². The van der Waals surface area contributed by atoms with Crippen molar-refractivity contribution in [3.63, 3.8) is 0 Å². The molecule has 0 aliphatic carbocycles. The summed E-state index contributed by atoms with van der Waals surface area (Å²) in [6.45, 7) is 0. The maximum absolute atomic E-state index is 12.8. The van der Waals surface area contributed by atoms with E-state index in [1.165, 1.54) is 11.4 Å². The van der Waals surface area contributed by atoms with Gasteiger partial charge >= 0.3 is 0 Å². The quantitative estimate of drug-likeness (QED) is 0.740. The second-order valence-electron chi connectivity index (χ2n) is 6.50. The summed E-state index contributed by atoms with van der Waals surface area (Å²) in [7, 11) is -0.490. The SMILES string of the molecule is COc1ccc2c(C[C@H]3[C@H](O)c4ccccc4S(=O)(=O)N3C)c[nH]c2c1. The van der Waals surface area contributed by atoms with Crippen LogP contribution in [0.5, 0.6) is 5.75 Å². The van der Waals surface area contributed by atoms with E-state index in [9.17, 15) is 13.5 Å². The lowest BCUT2D eigenvalue weighted by molar-refractivity contribution is 0.0893. The van der Waals surface area contributed by atoms with Gasteiger partial charge < -0.3 is 14.8 Å². The first kappa shape index (κ1) is 17.1. The summed E-state index contributed by atoms with van der Waals surface area (Å²) in [6, 6.07) is 11.8. The van der Waals surface area contributed by atoms with Gasteiger partial charge in [-0.2, -0.15) is 4.31 Å². The number of fused-ring (bicyclic) bond motifs is 2. The normalized spacial score (nSPS) is 22.3. The van der Waals surface area contributed by atoms with Crippen molar-refractivity contribution in [3.8, 4) is 5.75 Å². The molecular formula is C19H20N2O4S. The molecule has 2 aromatic carbocycles. The zero-order valence-electron chi connectivity index (χ0n) is 14.5. The first-order valence-electron chi connectivity index (χ1n) is 8.32. The Morgan fingerprint density at radius 1 is 1.23 bits per heavy atom. The van der Waals surface area contributed by atoms with Crippen molar-refractivity contribution in [1.29, 1.82) is 0 Å². The average Bonchev–Trinajstić information content (AvgIpc) is 3.06. The molecule has 2 N–H and O–H groups in total. The molecule has 2 heterocycles. The fraction of sp³-hybridized carbons (Fsp3) is 0.263.